The summed E-state index contributed by atoms with van der Waals surface area (Å²) < 4.78 is 0.890. The normalized spacial score (nSPS) is 11.3. The van der Waals surface area contributed by atoms with E-state index in [9.17, 15) is 9.90 Å². The number of hydrogen-bond donors (Lipinski definition) is 3. The number of aromatic nitrogens is 1. The van der Waals surface area contributed by atoms with Gasteiger partial charge in [0, 0.05) is 11.6 Å². The summed E-state index contributed by atoms with van der Waals surface area (Å²) in [5.74, 6) is -0.999. The monoisotopic (exact) mass is 326 g/mol. The highest BCUT2D eigenvalue weighted by molar-refractivity contribution is 7.21. The van der Waals surface area contributed by atoms with Gasteiger partial charge in [-0.15, -0.1) is 11.3 Å². The van der Waals surface area contributed by atoms with Gasteiger partial charge in [-0.25, -0.2) is 9.78 Å². The van der Waals surface area contributed by atoms with Crippen LogP contribution in [0.5, 0.6) is 0 Å². The Morgan fingerprint density at radius 1 is 1.30 bits per heavy atom. The fourth-order valence-electron chi connectivity index (χ4n) is 2.32. The standard InChI is InChI=1S/C17H14N2O3S/c18-13-7-10(9-20)8-14-16(13)19-17(23-14)12-4-2-1-3-11(12)5-6-15(21)22/h1-8,20H,9,18H2,(H,21,22). The van der Waals surface area contributed by atoms with Crippen LogP contribution in [-0.4, -0.2) is 21.2 Å². The molecule has 1 heterocycles. The van der Waals surface area contributed by atoms with Crippen LogP contribution in [0, 0.1) is 0 Å². The number of carboxylic acid groups (broad SMARTS) is 1. The number of hydrogen-bond acceptors (Lipinski definition) is 5. The third-order valence-electron chi connectivity index (χ3n) is 3.36. The third-order valence-corrected chi connectivity index (χ3v) is 4.40. The first-order valence-corrected chi connectivity index (χ1v) is 7.70. The molecule has 0 unspecified atom stereocenters. The minimum absolute atomic E-state index is 0.0781. The molecule has 0 saturated heterocycles. The van der Waals surface area contributed by atoms with Crippen molar-refractivity contribution in [2.75, 3.05) is 5.73 Å². The van der Waals surface area contributed by atoms with Crippen LogP contribution in [0.2, 0.25) is 0 Å². The first-order chi connectivity index (χ1) is 11.1. The molecule has 116 valence electrons. The molecule has 1 aromatic heterocycles. The first kappa shape index (κ1) is 15.2. The second-order valence-electron chi connectivity index (χ2n) is 4.97. The van der Waals surface area contributed by atoms with Crippen LogP contribution < -0.4 is 5.73 Å². The van der Waals surface area contributed by atoms with E-state index in [1.807, 2.05) is 30.3 Å². The van der Waals surface area contributed by atoms with Gasteiger partial charge in [0.05, 0.1) is 17.0 Å². The Labute approximate surface area is 136 Å². The molecule has 0 spiro atoms. The van der Waals surface area contributed by atoms with E-state index in [2.05, 4.69) is 4.98 Å². The number of nitrogens with zero attached hydrogens (tertiary/aromatic N) is 1. The minimum atomic E-state index is -0.999. The van der Waals surface area contributed by atoms with E-state index >= 15 is 0 Å². The van der Waals surface area contributed by atoms with Crippen molar-refractivity contribution in [1.82, 2.24) is 4.98 Å². The van der Waals surface area contributed by atoms with Gasteiger partial charge in [-0.3, -0.25) is 0 Å². The van der Waals surface area contributed by atoms with E-state index in [1.165, 1.54) is 11.3 Å². The van der Waals surface area contributed by atoms with Crippen LogP contribution in [0.15, 0.2) is 42.5 Å². The zero-order chi connectivity index (χ0) is 16.4. The van der Waals surface area contributed by atoms with Gasteiger partial charge in [0.2, 0.25) is 0 Å². The predicted molar refractivity (Wildman–Crippen MR) is 92.1 cm³/mol. The van der Waals surface area contributed by atoms with Gasteiger partial charge in [-0.05, 0) is 29.3 Å². The highest BCUT2D eigenvalue weighted by Crippen LogP contribution is 2.35. The summed E-state index contributed by atoms with van der Waals surface area (Å²) in [6.07, 6.45) is 2.65. The van der Waals surface area contributed by atoms with Crippen LogP contribution in [0.4, 0.5) is 5.69 Å². The average molecular weight is 326 g/mol. The summed E-state index contributed by atoms with van der Waals surface area (Å²) >= 11 is 1.46. The number of benzene rings is 2. The summed E-state index contributed by atoms with van der Waals surface area (Å²) in [6, 6.07) is 11.0. The van der Waals surface area contributed by atoms with Crippen molar-refractivity contribution in [2.24, 2.45) is 0 Å². The molecule has 0 atom stereocenters. The quantitative estimate of drug-likeness (QED) is 0.505. The molecule has 0 bridgehead atoms. The van der Waals surface area contributed by atoms with Crippen molar-refractivity contribution in [3.05, 3.63) is 53.6 Å². The van der Waals surface area contributed by atoms with Gasteiger partial charge in [-0.2, -0.15) is 0 Å². The summed E-state index contributed by atoms with van der Waals surface area (Å²) in [5, 5.41) is 18.8. The fraction of sp³-hybridized carbons (Fsp3) is 0.0588. The molecule has 3 aromatic rings. The molecule has 4 N–H and O–H groups in total. The molecule has 2 aromatic carbocycles. The number of nitrogen functional groups attached to an aromatic ring is 1. The average Bonchev–Trinajstić information content (AvgIpc) is 2.97. The maximum atomic E-state index is 10.7. The molecule has 0 radical (unpaired) electrons. The first-order valence-electron chi connectivity index (χ1n) is 6.88. The molecular formula is C17H14N2O3S. The molecule has 23 heavy (non-hydrogen) atoms. The molecule has 6 heteroatoms. The van der Waals surface area contributed by atoms with E-state index in [-0.39, 0.29) is 6.61 Å². The number of aliphatic carboxylic acids is 1. The Hall–Kier alpha value is -2.70. The fourth-order valence-corrected chi connectivity index (χ4v) is 3.43. The van der Waals surface area contributed by atoms with Crippen LogP contribution in [0.1, 0.15) is 11.1 Å². The smallest absolute Gasteiger partial charge is 0.328 e. The number of carboxylic acids is 1. The van der Waals surface area contributed by atoms with Gasteiger partial charge in [0.1, 0.15) is 10.5 Å². The van der Waals surface area contributed by atoms with Crippen molar-refractivity contribution >= 4 is 39.3 Å². The van der Waals surface area contributed by atoms with Gasteiger partial charge in [-0.1, -0.05) is 24.3 Å². The molecule has 0 aliphatic heterocycles. The molecule has 3 rings (SSSR count). The number of rotatable bonds is 4. The van der Waals surface area contributed by atoms with E-state index < -0.39 is 5.97 Å². The lowest BCUT2D eigenvalue weighted by Gasteiger charge is -2.01. The molecule has 0 aliphatic carbocycles. The second kappa shape index (κ2) is 6.20. The molecule has 0 saturated carbocycles. The highest BCUT2D eigenvalue weighted by atomic mass is 32.1. The zero-order valence-electron chi connectivity index (χ0n) is 12.1. The summed E-state index contributed by atoms with van der Waals surface area (Å²) in [4.78, 5) is 15.3. The number of aliphatic hydroxyl groups excluding tert-OH is 1. The Bertz CT molecular complexity index is 915. The van der Waals surface area contributed by atoms with Crippen LogP contribution in [0.3, 0.4) is 0 Å². The lowest BCUT2D eigenvalue weighted by molar-refractivity contribution is -0.131. The van der Waals surface area contributed by atoms with Gasteiger partial charge in [0.25, 0.3) is 0 Å². The second-order valence-corrected chi connectivity index (χ2v) is 6.00. The van der Waals surface area contributed by atoms with Gasteiger partial charge in [0.15, 0.2) is 0 Å². The number of thiazole rings is 1. The lowest BCUT2D eigenvalue weighted by atomic mass is 10.1. The largest absolute Gasteiger partial charge is 0.478 e. The van der Waals surface area contributed by atoms with Crippen molar-refractivity contribution < 1.29 is 15.0 Å². The number of carbonyl (C=O) groups is 1. The lowest BCUT2D eigenvalue weighted by Crippen LogP contribution is -1.90. The number of nitrogens with two attached hydrogens (primary N) is 1. The Kier molecular flexibility index (Phi) is 4.10. The highest BCUT2D eigenvalue weighted by Gasteiger charge is 2.12. The van der Waals surface area contributed by atoms with E-state index in [0.717, 1.165) is 32.5 Å². The SMILES string of the molecule is Nc1cc(CO)cc2sc(-c3ccccc3C=CC(=O)O)nc12. The van der Waals surface area contributed by atoms with Gasteiger partial charge >= 0.3 is 5.97 Å². The summed E-state index contributed by atoms with van der Waals surface area (Å²) in [6.45, 7) is -0.0781. The predicted octanol–water partition coefficient (Wildman–Crippen LogP) is 3.14. The van der Waals surface area contributed by atoms with E-state index in [4.69, 9.17) is 10.8 Å². The molecule has 5 nitrogen and oxygen atoms in total. The maximum absolute atomic E-state index is 10.7. The van der Waals surface area contributed by atoms with Crippen LogP contribution >= 0.6 is 11.3 Å². The van der Waals surface area contributed by atoms with Crippen LogP contribution in [0.25, 0.3) is 26.9 Å². The Morgan fingerprint density at radius 3 is 2.83 bits per heavy atom. The molecule has 0 aliphatic rings. The number of anilines is 1. The van der Waals surface area contributed by atoms with Crippen molar-refractivity contribution in [1.29, 1.82) is 0 Å². The number of fused-ring (bicyclic) bond motifs is 1. The Balaban J connectivity index is 2.14. The molecular weight excluding hydrogens is 312 g/mol. The van der Waals surface area contributed by atoms with E-state index in [1.54, 1.807) is 12.1 Å². The Morgan fingerprint density at radius 2 is 2.09 bits per heavy atom. The van der Waals surface area contributed by atoms with Gasteiger partial charge < -0.3 is 15.9 Å². The minimum Gasteiger partial charge on any atom is -0.478 e. The summed E-state index contributed by atoms with van der Waals surface area (Å²) in [7, 11) is 0. The van der Waals surface area contributed by atoms with Crippen molar-refractivity contribution in [3.8, 4) is 10.6 Å². The zero-order valence-corrected chi connectivity index (χ0v) is 12.9. The van der Waals surface area contributed by atoms with Crippen LogP contribution in [-0.2, 0) is 11.4 Å². The maximum Gasteiger partial charge on any atom is 0.328 e. The molecule has 0 amide bonds. The topological polar surface area (TPSA) is 96.4 Å². The third kappa shape index (κ3) is 3.08. The molecule has 0 fully saturated rings. The number of aliphatic hydroxyl groups is 1. The summed E-state index contributed by atoms with van der Waals surface area (Å²) in [5.41, 5.74) is 9.57. The van der Waals surface area contributed by atoms with E-state index in [0.29, 0.717) is 11.2 Å². The van der Waals surface area contributed by atoms with Crippen molar-refractivity contribution in [3.63, 3.8) is 0 Å². The van der Waals surface area contributed by atoms with Crippen molar-refractivity contribution in [2.45, 2.75) is 6.61 Å².